The summed E-state index contributed by atoms with van der Waals surface area (Å²) in [6.45, 7) is 5.71. The SMILES string of the molecule is CC(=O)c1ccc(N2C(C)CN(C)CC2CO)cc1. The lowest BCUT2D eigenvalue weighted by Crippen LogP contribution is -2.58. The molecule has 104 valence electrons. The maximum absolute atomic E-state index is 11.3. The largest absolute Gasteiger partial charge is 0.394 e. The fourth-order valence-corrected chi connectivity index (χ4v) is 2.90. The van der Waals surface area contributed by atoms with Crippen molar-refractivity contribution >= 4 is 11.5 Å². The second-order valence-electron chi connectivity index (χ2n) is 5.42. The highest BCUT2D eigenvalue weighted by molar-refractivity contribution is 5.94. The van der Waals surface area contributed by atoms with Gasteiger partial charge in [0.15, 0.2) is 5.78 Å². The van der Waals surface area contributed by atoms with E-state index in [2.05, 4.69) is 23.8 Å². The van der Waals surface area contributed by atoms with Crippen LogP contribution in [0, 0.1) is 0 Å². The van der Waals surface area contributed by atoms with Gasteiger partial charge in [-0.2, -0.15) is 0 Å². The minimum atomic E-state index is 0.0803. The Labute approximate surface area is 114 Å². The van der Waals surface area contributed by atoms with E-state index in [9.17, 15) is 9.90 Å². The minimum absolute atomic E-state index is 0.0803. The van der Waals surface area contributed by atoms with E-state index in [0.717, 1.165) is 24.3 Å². The Bertz CT molecular complexity index is 444. The number of Topliss-reactive ketones (excluding diaryl/α,β-unsaturated/α-hetero) is 1. The summed E-state index contributed by atoms with van der Waals surface area (Å²) < 4.78 is 0. The third kappa shape index (κ3) is 2.96. The van der Waals surface area contributed by atoms with Crippen LogP contribution in [0.15, 0.2) is 24.3 Å². The average molecular weight is 262 g/mol. The zero-order chi connectivity index (χ0) is 14.0. The first-order chi connectivity index (χ1) is 9.02. The van der Waals surface area contributed by atoms with Crippen molar-refractivity contribution in [1.29, 1.82) is 0 Å². The molecule has 0 spiro atoms. The van der Waals surface area contributed by atoms with Gasteiger partial charge in [-0.1, -0.05) is 0 Å². The molecule has 2 atom stereocenters. The molecule has 1 aromatic carbocycles. The van der Waals surface area contributed by atoms with Crippen molar-refractivity contribution < 1.29 is 9.90 Å². The van der Waals surface area contributed by atoms with Crippen molar-refractivity contribution in [3.63, 3.8) is 0 Å². The summed E-state index contributed by atoms with van der Waals surface area (Å²) in [6.07, 6.45) is 0. The van der Waals surface area contributed by atoms with Gasteiger partial charge in [0.2, 0.25) is 0 Å². The number of hydrogen-bond donors (Lipinski definition) is 1. The van der Waals surface area contributed by atoms with Gasteiger partial charge in [-0.15, -0.1) is 0 Å². The number of rotatable bonds is 3. The number of aliphatic hydroxyl groups is 1. The number of nitrogens with zero attached hydrogens (tertiary/aromatic N) is 2. The normalized spacial score (nSPS) is 24.5. The van der Waals surface area contributed by atoms with Gasteiger partial charge in [-0.05, 0) is 45.2 Å². The van der Waals surface area contributed by atoms with E-state index in [4.69, 9.17) is 0 Å². The van der Waals surface area contributed by atoms with Crippen LogP contribution in [0.1, 0.15) is 24.2 Å². The van der Waals surface area contributed by atoms with E-state index in [0.29, 0.717) is 6.04 Å². The summed E-state index contributed by atoms with van der Waals surface area (Å²) in [5, 5.41) is 9.58. The first kappa shape index (κ1) is 14.0. The van der Waals surface area contributed by atoms with Crippen molar-refractivity contribution in [3.05, 3.63) is 29.8 Å². The molecule has 4 heteroatoms. The number of likely N-dealkylation sites (N-methyl/N-ethyl adjacent to an activating group) is 1. The molecule has 2 unspecified atom stereocenters. The zero-order valence-electron chi connectivity index (χ0n) is 11.8. The topological polar surface area (TPSA) is 43.8 Å². The van der Waals surface area contributed by atoms with Crippen LogP contribution in [0.4, 0.5) is 5.69 Å². The molecular weight excluding hydrogens is 240 g/mol. The van der Waals surface area contributed by atoms with Crippen LogP contribution in [0.2, 0.25) is 0 Å². The second kappa shape index (κ2) is 5.72. The van der Waals surface area contributed by atoms with Crippen molar-refractivity contribution in [3.8, 4) is 0 Å². The van der Waals surface area contributed by atoms with Crippen LogP contribution in [0.25, 0.3) is 0 Å². The van der Waals surface area contributed by atoms with Crippen molar-refractivity contribution in [2.24, 2.45) is 0 Å². The molecular formula is C15H22N2O2. The molecule has 0 bridgehead atoms. The van der Waals surface area contributed by atoms with E-state index in [1.165, 1.54) is 0 Å². The zero-order valence-corrected chi connectivity index (χ0v) is 11.8. The average Bonchev–Trinajstić information content (AvgIpc) is 2.38. The Hall–Kier alpha value is -1.39. The van der Waals surface area contributed by atoms with Crippen LogP contribution in [-0.2, 0) is 0 Å². The molecule has 1 saturated heterocycles. The van der Waals surface area contributed by atoms with Crippen LogP contribution in [-0.4, -0.2) is 54.6 Å². The summed E-state index contributed by atoms with van der Waals surface area (Å²) in [6, 6.07) is 8.12. The van der Waals surface area contributed by atoms with E-state index in [-0.39, 0.29) is 18.4 Å². The smallest absolute Gasteiger partial charge is 0.159 e. The van der Waals surface area contributed by atoms with Gasteiger partial charge in [0.1, 0.15) is 0 Å². The lowest BCUT2D eigenvalue weighted by molar-refractivity contribution is 0.101. The Morgan fingerprint density at radius 1 is 1.32 bits per heavy atom. The van der Waals surface area contributed by atoms with Crippen molar-refractivity contribution in [2.45, 2.75) is 25.9 Å². The Morgan fingerprint density at radius 3 is 2.47 bits per heavy atom. The molecule has 1 heterocycles. The quantitative estimate of drug-likeness (QED) is 0.836. The number of benzene rings is 1. The predicted octanol–water partition coefficient (Wildman–Crippen LogP) is 1.39. The molecule has 0 aromatic heterocycles. The van der Waals surface area contributed by atoms with Crippen molar-refractivity contribution in [1.82, 2.24) is 4.90 Å². The van der Waals surface area contributed by atoms with Gasteiger partial charge in [-0.25, -0.2) is 0 Å². The first-order valence-corrected chi connectivity index (χ1v) is 6.71. The molecule has 0 radical (unpaired) electrons. The Morgan fingerprint density at radius 2 is 1.95 bits per heavy atom. The number of hydrogen-bond acceptors (Lipinski definition) is 4. The highest BCUT2D eigenvalue weighted by Gasteiger charge is 2.30. The van der Waals surface area contributed by atoms with Crippen LogP contribution in [0.5, 0.6) is 0 Å². The van der Waals surface area contributed by atoms with Gasteiger partial charge in [0.25, 0.3) is 0 Å². The summed E-state index contributed by atoms with van der Waals surface area (Å²) in [7, 11) is 2.08. The maximum Gasteiger partial charge on any atom is 0.159 e. The van der Waals surface area contributed by atoms with Crippen LogP contribution < -0.4 is 4.90 Å². The standard InChI is InChI=1S/C15H22N2O2/c1-11-8-16(3)9-15(10-18)17(11)14-6-4-13(5-7-14)12(2)19/h4-7,11,15,18H,8-10H2,1-3H3. The fourth-order valence-electron chi connectivity index (χ4n) is 2.90. The third-order valence-corrected chi connectivity index (χ3v) is 3.75. The minimum Gasteiger partial charge on any atom is -0.394 e. The summed E-state index contributed by atoms with van der Waals surface area (Å²) in [4.78, 5) is 15.8. The molecule has 2 rings (SSSR count). The van der Waals surface area contributed by atoms with Crippen molar-refractivity contribution in [2.75, 3.05) is 31.6 Å². The van der Waals surface area contributed by atoms with Crippen LogP contribution in [0.3, 0.4) is 0 Å². The Kier molecular flexibility index (Phi) is 4.22. The second-order valence-corrected chi connectivity index (χ2v) is 5.42. The van der Waals surface area contributed by atoms with Gasteiger partial charge in [0, 0.05) is 30.4 Å². The predicted molar refractivity (Wildman–Crippen MR) is 76.8 cm³/mol. The number of carbonyl (C=O) groups is 1. The lowest BCUT2D eigenvalue weighted by Gasteiger charge is -2.45. The van der Waals surface area contributed by atoms with Gasteiger partial charge in [-0.3, -0.25) is 4.79 Å². The molecule has 0 saturated carbocycles. The molecule has 19 heavy (non-hydrogen) atoms. The lowest BCUT2D eigenvalue weighted by atomic mass is 10.0. The fraction of sp³-hybridized carbons (Fsp3) is 0.533. The van der Waals surface area contributed by atoms with Gasteiger partial charge in [0.05, 0.1) is 12.6 Å². The number of ketones is 1. The molecule has 0 amide bonds. The molecule has 4 nitrogen and oxygen atoms in total. The van der Waals surface area contributed by atoms with E-state index >= 15 is 0 Å². The maximum atomic E-state index is 11.3. The molecule has 1 aliphatic heterocycles. The first-order valence-electron chi connectivity index (χ1n) is 6.71. The Balaban J connectivity index is 2.25. The molecule has 0 aliphatic carbocycles. The molecule has 1 fully saturated rings. The number of anilines is 1. The van der Waals surface area contributed by atoms with E-state index in [1.54, 1.807) is 6.92 Å². The molecule has 1 aliphatic rings. The molecule has 1 N–H and O–H groups in total. The monoisotopic (exact) mass is 262 g/mol. The summed E-state index contributed by atoms with van der Waals surface area (Å²) >= 11 is 0. The van der Waals surface area contributed by atoms with Crippen LogP contribution >= 0.6 is 0 Å². The number of piperazine rings is 1. The summed E-state index contributed by atoms with van der Waals surface area (Å²) in [5.41, 5.74) is 1.80. The van der Waals surface area contributed by atoms with E-state index in [1.807, 2.05) is 24.3 Å². The highest BCUT2D eigenvalue weighted by atomic mass is 16.3. The van der Waals surface area contributed by atoms with Gasteiger partial charge >= 0.3 is 0 Å². The third-order valence-electron chi connectivity index (χ3n) is 3.75. The number of carbonyl (C=O) groups excluding carboxylic acids is 1. The highest BCUT2D eigenvalue weighted by Crippen LogP contribution is 2.24. The number of aliphatic hydroxyl groups excluding tert-OH is 1. The summed E-state index contributed by atoms with van der Waals surface area (Å²) in [5.74, 6) is 0.0803. The van der Waals surface area contributed by atoms with E-state index < -0.39 is 0 Å². The van der Waals surface area contributed by atoms with Gasteiger partial charge < -0.3 is 14.9 Å². The molecule has 1 aromatic rings.